The van der Waals surface area contributed by atoms with Crippen molar-refractivity contribution in [1.29, 1.82) is 0 Å². The van der Waals surface area contributed by atoms with Crippen molar-refractivity contribution < 1.29 is 14.7 Å². The van der Waals surface area contributed by atoms with Crippen molar-refractivity contribution in [3.63, 3.8) is 0 Å². The van der Waals surface area contributed by atoms with E-state index < -0.39 is 11.9 Å². The van der Waals surface area contributed by atoms with Gasteiger partial charge in [0.05, 0.1) is 18.9 Å². The van der Waals surface area contributed by atoms with Crippen LogP contribution in [0.5, 0.6) is 0 Å². The fourth-order valence-electron chi connectivity index (χ4n) is 1.17. The summed E-state index contributed by atoms with van der Waals surface area (Å²) < 4.78 is 0. The third kappa shape index (κ3) is 3.46. The molecule has 0 saturated heterocycles. The number of halogens is 1. The Bertz CT molecular complexity index is 613. The van der Waals surface area contributed by atoms with Crippen LogP contribution in [0.1, 0.15) is 26.0 Å². The van der Waals surface area contributed by atoms with E-state index >= 15 is 0 Å². The Kier molecular flexibility index (Phi) is 4.03. The smallest absolute Gasteiger partial charge is 0.355 e. The third-order valence-electron chi connectivity index (χ3n) is 2.02. The lowest BCUT2D eigenvalue weighted by Crippen LogP contribution is -2.23. The molecule has 0 spiro atoms. The summed E-state index contributed by atoms with van der Waals surface area (Å²) in [7, 11) is 0. The van der Waals surface area contributed by atoms with Crippen LogP contribution in [0.3, 0.4) is 0 Å². The molecule has 0 bridgehead atoms. The minimum atomic E-state index is -1.10. The number of hydrogen-bond donors (Lipinski definition) is 2. The van der Waals surface area contributed by atoms with Crippen molar-refractivity contribution >= 4 is 34.8 Å². The number of aromatic carboxylic acids is 1. The minimum Gasteiger partial charge on any atom is -0.476 e. The SMILES string of the molecule is O=C(O)c1csc(CNC(=O)c2cnc(Cl)cn2)n1. The first-order valence-corrected chi connectivity index (χ1v) is 6.25. The number of carboxylic acids is 1. The fourth-order valence-corrected chi connectivity index (χ4v) is 1.97. The van der Waals surface area contributed by atoms with E-state index in [0.717, 1.165) is 11.3 Å². The van der Waals surface area contributed by atoms with Gasteiger partial charge >= 0.3 is 5.97 Å². The van der Waals surface area contributed by atoms with Crippen LogP contribution < -0.4 is 5.32 Å². The minimum absolute atomic E-state index is 0.0412. The zero-order chi connectivity index (χ0) is 13.8. The van der Waals surface area contributed by atoms with Gasteiger partial charge in [-0.05, 0) is 0 Å². The molecule has 2 rings (SSSR count). The van der Waals surface area contributed by atoms with E-state index in [1.165, 1.54) is 17.8 Å². The maximum atomic E-state index is 11.7. The van der Waals surface area contributed by atoms with Crippen LogP contribution in [0, 0.1) is 0 Å². The number of nitrogens with one attached hydrogen (secondary N) is 1. The summed E-state index contributed by atoms with van der Waals surface area (Å²) in [6, 6.07) is 0. The van der Waals surface area contributed by atoms with E-state index in [1.54, 1.807) is 0 Å². The van der Waals surface area contributed by atoms with Gasteiger partial charge in [-0.15, -0.1) is 11.3 Å². The lowest BCUT2D eigenvalue weighted by Gasteiger charge is -2.01. The predicted molar refractivity (Wildman–Crippen MR) is 67.3 cm³/mol. The molecule has 98 valence electrons. The number of hydrogen-bond acceptors (Lipinski definition) is 6. The van der Waals surface area contributed by atoms with Gasteiger partial charge in [-0.25, -0.2) is 19.7 Å². The molecule has 0 aromatic carbocycles. The number of carbonyl (C=O) groups is 2. The molecule has 0 aliphatic carbocycles. The molecule has 2 heterocycles. The zero-order valence-electron chi connectivity index (χ0n) is 9.33. The van der Waals surface area contributed by atoms with Crippen LogP contribution in [-0.4, -0.2) is 31.9 Å². The number of amides is 1. The molecule has 7 nitrogen and oxygen atoms in total. The Morgan fingerprint density at radius 1 is 1.32 bits per heavy atom. The summed E-state index contributed by atoms with van der Waals surface area (Å²) in [6.07, 6.45) is 2.52. The van der Waals surface area contributed by atoms with Gasteiger partial charge in [-0.2, -0.15) is 0 Å². The van der Waals surface area contributed by atoms with Gasteiger partial charge in [0.25, 0.3) is 5.91 Å². The van der Waals surface area contributed by atoms with Crippen LogP contribution in [0.25, 0.3) is 0 Å². The van der Waals surface area contributed by atoms with Gasteiger partial charge in [0, 0.05) is 5.38 Å². The first-order chi connectivity index (χ1) is 9.06. The van der Waals surface area contributed by atoms with Crippen molar-refractivity contribution in [2.45, 2.75) is 6.54 Å². The first kappa shape index (κ1) is 13.4. The normalized spacial score (nSPS) is 10.2. The van der Waals surface area contributed by atoms with Crippen LogP contribution >= 0.6 is 22.9 Å². The number of carboxylic acid groups (broad SMARTS) is 1. The lowest BCUT2D eigenvalue weighted by molar-refractivity contribution is 0.0691. The molecule has 2 aromatic heterocycles. The molecule has 2 aromatic rings. The van der Waals surface area contributed by atoms with Gasteiger partial charge < -0.3 is 10.4 Å². The average molecular weight is 299 g/mol. The van der Waals surface area contributed by atoms with Gasteiger partial charge in [0.15, 0.2) is 5.69 Å². The average Bonchev–Trinajstić information content (AvgIpc) is 2.86. The highest BCUT2D eigenvalue weighted by molar-refractivity contribution is 7.09. The Balaban J connectivity index is 1.96. The molecule has 0 aliphatic heterocycles. The number of aromatic nitrogens is 3. The maximum absolute atomic E-state index is 11.7. The van der Waals surface area contributed by atoms with Gasteiger partial charge in [-0.1, -0.05) is 11.6 Å². The summed E-state index contributed by atoms with van der Waals surface area (Å²) in [6.45, 7) is 0.126. The number of carbonyl (C=O) groups excluding carboxylic acids is 1. The standard InChI is InChI=1S/C10H7ClN4O3S/c11-7-2-12-5(1-13-7)9(16)14-3-8-15-6(4-19-8)10(17)18/h1-2,4H,3H2,(H,14,16)(H,17,18). The van der Waals surface area contributed by atoms with Crippen LogP contribution in [0.15, 0.2) is 17.8 Å². The second-order valence-electron chi connectivity index (χ2n) is 3.34. The summed E-state index contributed by atoms with van der Waals surface area (Å²) in [5.74, 6) is -1.53. The maximum Gasteiger partial charge on any atom is 0.355 e. The largest absolute Gasteiger partial charge is 0.476 e. The summed E-state index contributed by atoms with van der Waals surface area (Å²) in [4.78, 5) is 33.7. The van der Waals surface area contributed by atoms with E-state index in [-0.39, 0.29) is 23.1 Å². The molecular formula is C10H7ClN4O3S. The van der Waals surface area contributed by atoms with Crippen molar-refractivity contribution in [3.05, 3.63) is 39.3 Å². The Morgan fingerprint density at radius 2 is 2.11 bits per heavy atom. The van der Waals surface area contributed by atoms with E-state index in [2.05, 4.69) is 20.3 Å². The molecular weight excluding hydrogens is 292 g/mol. The highest BCUT2D eigenvalue weighted by Crippen LogP contribution is 2.09. The molecule has 9 heteroatoms. The fraction of sp³-hybridized carbons (Fsp3) is 0.100. The van der Waals surface area contributed by atoms with Crippen LogP contribution in [-0.2, 0) is 6.54 Å². The Morgan fingerprint density at radius 3 is 2.68 bits per heavy atom. The molecule has 0 aliphatic rings. The number of thiazole rings is 1. The van der Waals surface area contributed by atoms with Crippen molar-refractivity contribution in [2.75, 3.05) is 0 Å². The van der Waals surface area contributed by atoms with Crippen molar-refractivity contribution in [1.82, 2.24) is 20.3 Å². The second kappa shape index (κ2) is 5.72. The molecule has 0 atom stereocenters. The number of rotatable bonds is 4. The number of nitrogens with zero attached hydrogens (tertiary/aromatic N) is 3. The topological polar surface area (TPSA) is 105 Å². The van der Waals surface area contributed by atoms with Gasteiger partial charge in [0.1, 0.15) is 15.9 Å². The van der Waals surface area contributed by atoms with Crippen LogP contribution in [0.2, 0.25) is 5.15 Å². The van der Waals surface area contributed by atoms with E-state index in [1.807, 2.05) is 0 Å². The molecule has 2 N–H and O–H groups in total. The summed E-state index contributed by atoms with van der Waals surface area (Å²) in [5, 5.41) is 13.4. The van der Waals surface area contributed by atoms with E-state index in [4.69, 9.17) is 16.7 Å². The second-order valence-corrected chi connectivity index (χ2v) is 4.67. The highest BCUT2D eigenvalue weighted by Gasteiger charge is 2.11. The van der Waals surface area contributed by atoms with E-state index in [9.17, 15) is 9.59 Å². The van der Waals surface area contributed by atoms with Crippen molar-refractivity contribution in [2.24, 2.45) is 0 Å². The highest BCUT2D eigenvalue weighted by atomic mass is 35.5. The quantitative estimate of drug-likeness (QED) is 0.879. The Hall–Kier alpha value is -2.06. The van der Waals surface area contributed by atoms with Crippen molar-refractivity contribution in [3.8, 4) is 0 Å². The first-order valence-electron chi connectivity index (χ1n) is 4.99. The van der Waals surface area contributed by atoms with Crippen LogP contribution in [0.4, 0.5) is 0 Å². The monoisotopic (exact) mass is 298 g/mol. The summed E-state index contributed by atoms with van der Waals surface area (Å²) >= 11 is 6.71. The lowest BCUT2D eigenvalue weighted by atomic mass is 10.4. The molecule has 0 fully saturated rings. The predicted octanol–water partition coefficient (Wildman–Crippen LogP) is 1.21. The molecule has 0 saturated carbocycles. The van der Waals surface area contributed by atoms with Gasteiger partial charge in [-0.3, -0.25) is 4.79 Å². The zero-order valence-corrected chi connectivity index (χ0v) is 10.9. The van der Waals surface area contributed by atoms with Gasteiger partial charge in [0.2, 0.25) is 0 Å². The van der Waals surface area contributed by atoms with E-state index in [0.29, 0.717) is 5.01 Å². The molecule has 0 unspecified atom stereocenters. The Labute approximate surface area is 116 Å². The summed E-state index contributed by atoms with van der Waals surface area (Å²) in [5.41, 5.74) is 0.0833. The third-order valence-corrected chi connectivity index (χ3v) is 3.07. The molecule has 0 radical (unpaired) electrons. The molecule has 1 amide bonds. The molecule has 19 heavy (non-hydrogen) atoms.